The van der Waals surface area contributed by atoms with E-state index in [2.05, 4.69) is 4.98 Å². The molecule has 2 amide bonds. The van der Waals surface area contributed by atoms with E-state index < -0.39 is 11.8 Å². The van der Waals surface area contributed by atoms with Crippen LogP contribution in [0, 0.1) is 6.92 Å². The average molecular weight is 179 g/mol. The molecule has 13 heavy (non-hydrogen) atoms. The number of nitrogens with zero attached hydrogens (tertiary/aromatic N) is 1. The second-order valence-corrected chi connectivity index (χ2v) is 2.59. The summed E-state index contributed by atoms with van der Waals surface area (Å²) in [6, 6.07) is 3.03. The molecular formula is C8H9N3O2. The first-order valence-electron chi connectivity index (χ1n) is 3.59. The summed E-state index contributed by atoms with van der Waals surface area (Å²) in [5.74, 6) is -1.34. The van der Waals surface area contributed by atoms with E-state index in [1.165, 1.54) is 6.07 Å². The third kappa shape index (κ3) is 1.81. The van der Waals surface area contributed by atoms with Crippen molar-refractivity contribution in [2.45, 2.75) is 6.92 Å². The van der Waals surface area contributed by atoms with Crippen molar-refractivity contribution in [2.75, 3.05) is 0 Å². The van der Waals surface area contributed by atoms with Crippen molar-refractivity contribution in [1.29, 1.82) is 0 Å². The topological polar surface area (TPSA) is 99.1 Å². The van der Waals surface area contributed by atoms with Crippen LogP contribution in [0.4, 0.5) is 0 Å². The van der Waals surface area contributed by atoms with Crippen LogP contribution in [0.25, 0.3) is 0 Å². The summed E-state index contributed by atoms with van der Waals surface area (Å²) in [7, 11) is 0. The molecule has 1 aromatic heterocycles. The van der Waals surface area contributed by atoms with Crippen LogP contribution in [0.3, 0.4) is 0 Å². The molecule has 4 N–H and O–H groups in total. The molecule has 0 bridgehead atoms. The molecule has 0 unspecified atom stereocenters. The van der Waals surface area contributed by atoms with Gasteiger partial charge in [0, 0.05) is 0 Å². The monoisotopic (exact) mass is 179 g/mol. The first-order valence-corrected chi connectivity index (χ1v) is 3.59. The minimum atomic E-state index is -0.678. The van der Waals surface area contributed by atoms with Gasteiger partial charge in [0.15, 0.2) is 0 Å². The Bertz CT molecular complexity index is 374. The highest BCUT2D eigenvalue weighted by Crippen LogP contribution is 2.05. The normalized spacial score (nSPS) is 9.62. The lowest BCUT2D eigenvalue weighted by Crippen LogP contribution is -2.19. The number of amides is 2. The molecule has 1 aromatic rings. The summed E-state index contributed by atoms with van der Waals surface area (Å²) in [4.78, 5) is 25.2. The fourth-order valence-electron chi connectivity index (χ4n) is 0.915. The van der Waals surface area contributed by atoms with Crippen LogP contribution < -0.4 is 11.5 Å². The van der Waals surface area contributed by atoms with E-state index >= 15 is 0 Å². The highest BCUT2D eigenvalue weighted by atomic mass is 16.1. The van der Waals surface area contributed by atoms with E-state index in [9.17, 15) is 9.59 Å². The van der Waals surface area contributed by atoms with Gasteiger partial charge in [-0.15, -0.1) is 0 Å². The highest BCUT2D eigenvalue weighted by molar-refractivity contribution is 5.95. The van der Waals surface area contributed by atoms with Gasteiger partial charge in [0.25, 0.3) is 11.8 Å². The summed E-state index contributed by atoms with van der Waals surface area (Å²) < 4.78 is 0. The van der Waals surface area contributed by atoms with Gasteiger partial charge in [-0.2, -0.15) is 0 Å². The minimum absolute atomic E-state index is 0.0411. The van der Waals surface area contributed by atoms with E-state index in [1.54, 1.807) is 13.0 Å². The Kier molecular flexibility index (Phi) is 2.27. The zero-order chi connectivity index (χ0) is 10.0. The van der Waals surface area contributed by atoms with E-state index in [0.717, 1.165) is 0 Å². The number of pyridine rings is 1. The maximum absolute atomic E-state index is 10.8. The molecule has 5 nitrogen and oxygen atoms in total. The molecule has 0 spiro atoms. The molecule has 0 saturated carbocycles. The van der Waals surface area contributed by atoms with Crippen LogP contribution >= 0.6 is 0 Å². The second-order valence-electron chi connectivity index (χ2n) is 2.59. The fraction of sp³-hybridized carbons (Fsp3) is 0.125. The number of carbonyl (C=O) groups excluding carboxylic acids is 2. The number of primary amides is 2. The Labute approximate surface area is 74.7 Å². The first-order chi connectivity index (χ1) is 6.02. The van der Waals surface area contributed by atoms with Gasteiger partial charge in [-0.25, -0.2) is 4.98 Å². The van der Waals surface area contributed by atoms with Gasteiger partial charge in [0.2, 0.25) is 0 Å². The molecule has 0 aliphatic carbocycles. The molecular weight excluding hydrogens is 170 g/mol. The number of hydrogen-bond donors (Lipinski definition) is 2. The lowest BCUT2D eigenvalue weighted by atomic mass is 10.2. The molecule has 68 valence electrons. The van der Waals surface area contributed by atoms with Crippen molar-refractivity contribution in [3.05, 3.63) is 29.1 Å². The van der Waals surface area contributed by atoms with E-state index in [0.29, 0.717) is 5.56 Å². The van der Waals surface area contributed by atoms with Crippen LogP contribution in [0.5, 0.6) is 0 Å². The second kappa shape index (κ2) is 3.22. The molecule has 0 aliphatic rings. The predicted molar refractivity (Wildman–Crippen MR) is 46.0 cm³/mol. The molecule has 0 atom stereocenters. The largest absolute Gasteiger partial charge is 0.364 e. The van der Waals surface area contributed by atoms with Crippen LogP contribution in [0.2, 0.25) is 0 Å². The highest BCUT2D eigenvalue weighted by Gasteiger charge is 2.10. The van der Waals surface area contributed by atoms with Crippen LogP contribution in [-0.4, -0.2) is 16.8 Å². The zero-order valence-corrected chi connectivity index (χ0v) is 7.07. The smallest absolute Gasteiger partial charge is 0.267 e. The van der Waals surface area contributed by atoms with E-state index in [4.69, 9.17) is 11.5 Å². The van der Waals surface area contributed by atoms with Gasteiger partial charge in [0.05, 0.1) is 0 Å². The van der Waals surface area contributed by atoms with Gasteiger partial charge in [-0.1, -0.05) is 6.07 Å². The molecule has 1 heterocycles. The van der Waals surface area contributed by atoms with Crippen molar-refractivity contribution in [1.82, 2.24) is 4.98 Å². The number of aryl methyl sites for hydroxylation is 1. The summed E-state index contributed by atoms with van der Waals surface area (Å²) in [5, 5.41) is 0. The fourth-order valence-corrected chi connectivity index (χ4v) is 0.915. The molecule has 1 rings (SSSR count). The maximum Gasteiger partial charge on any atom is 0.267 e. The summed E-state index contributed by atoms with van der Waals surface area (Å²) >= 11 is 0. The van der Waals surface area contributed by atoms with Crippen LogP contribution in [-0.2, 0) is 0 Å². The standard InChI is InChI=1S/C8H9N3O2/c1-4-2-3-5(7(9)12)11-6(4)8(10)13/h2-3H,1H3,(H2,9,12)(H2,10,13). The van der Waals surface area contributed by atoms with Crippen molar-refractivity contribution >= 4 is 11.8 Å². The van der Waals surface area contributed by atoms with Crippen molar-refractivity contribution in [2.24, 2.45) is 11.5 Å². The number of carbonyl (C=O) groups is 2. The summed E-state index contributed by atoms with van der Waals surface area (Å²) in [5.41, 5.74) is 10.8. The number of hydrogen-bond acceptors (Lipinski definition) is 3. The Morgan fingerprint density at radius 1 is 1.23 bits per heavy atom. The molecule has 0 aliphatic heterocycles. The van der Waals surface area contributed by atoms with Crippen molar-refractivity contribution in [3.8, 4) is 0 Å². The van der Waals surface area contributed by atoms with Crippen LogP contribution in [0.1, 0.15) is 26.5 Å². The minimum Gasteiger partial charge on any atom is -0.364 e. The van der Waals surface area contributed by atoms with Crippen LogP contribution in [0.15, 0.2) is 12.1 Å². The number of aromatic nitrogens is 1. The Hall–Kier alpha value is -1.91. The molecule has 0 aromatic carbocycles. The third-order valence-corrected chi connectivity index (χ3v) is 1.58. The Morgan fingerprint density at radius 2 is 1.85 bits per heavy atom. The van der Waals surface area contributed by atoms with Gasteiger partial charge >= 0.3 is 0 Å². The lowest BCUT2D eigenvalue weighted by molar-refractivity contribution is 0.0992. The lowest BCUT2D eigenvalue weighted by Gasteiger charge is -2.01. The first kappa shape index (κ1) is 9.18. The van der Waals surface area contributed by atoms with Gasteiger partial charge in [0.1, 0.15) is 11.4 Å². The summed E-state index contributed by atoms with van der Waals surface area (Å²) in [6.07, 6.45) is 0. The number of nitrogens with two attached hydrogens (primary N) is 2. The van der Waals surface area contributed by atoms with Crippen molar-refractivity contribution < 1.29 is 9.59 Å². The predicted octanol–water partition coefficient (Wildman–Crippen LogP) is -0.412. The van der Waals surface area contributed by atoms with Gasteiger partial charge in [-0.05, 0) is 18.6 Å². The molecule has 5 heteroatoms. The Morgan fingerprint density at radius 3 is 2.31 bits per heavy atom. The third-order valence-electron chi connectivity index (χ3n) is 1.58. The van der Waals surface area contributed by atoms with Gasteiger partial charge in [-0.3, -0.25) is 9.59 Å². The van der Waals surface area contributed by atoms with Gasteiger partial charge < -0.3 is 11.5 Å². The molecule has 0 fully saturated rings. The quantitative estimate of drug-likeness (QED) is 0.645. The van der Waals surface area contributed by atoms with Crippen molar-refractivity contribution in [3.63, 3.8) is 0 Å². The molecule has 0 radical (unpaired) electrons. The zero-order valence-electron chi connectivity index (χ0n) is 7.07. The molecule has 0 saturated heterocycles. The average Bonchev–Trinajstić information content (AvgIpc) is 2.04. The van der Waals surface area contributed by atoms with E-state index in [-0.39, 0.29) is 11.4 Å². The van der Waals surface area contributed by atoms with E-state index in [1.807, 2.05) is 0 Å². The number of rotatable bonds is 2. The summed E-state index contributed by atoms with van der Waals surface area (Å²) in [6.45, 7) is 1.68. The SMILES string of the molecule is Cc1ccc(C(N)=O)nc1C(N)=O. The maximum atomic E-state index is 10.8. The Balaban J connectivity index is 3.27.